The lowest BCUT2D eigenvalue weighted by Gasteiger charge is -2.37. The van der Waals surface area contributed by atoms with Crippen LogP contribution in [0.1, 0.15) is 24.8 Å². The first-order valence-corrected chi connectivity index (χ1v) is 9.15. The molecule has 26 heavy (non-hydrogen) atoms. The van der Waals surface area contributed by atoms with Gasteiger partial charge in [0, 0.05) is 32.5 Å². The van der Waals surface area contributed by atoms with Gasteiger partial charge >= 0.3 is 0 Å². The molecule has 2 saturated heterocycles. The van der Waals surface area contributed by atoms with Crippen molar-refractivity contribution < 1.29 is 23.5 Å². The Hall–Kier alpha value is -1.99. The summed E-state index contributed by atoms with van der Waals surface area (Å²) in [5, 5.41) is 2.84. The van der Waals surface area contributed by atoms with Crippen LogP contribution in [-0.2, 0) is 25.6 Å². The summed E-state index contributed by atoms with van der Waals surface area (Å²) in [7, 11) is 0. The van der Waals surface area contributed by atoms with Gasteiger partial charge in [-0.25, -0.2) is 4.39 Å². The van der Waals surface area contributed by atoms with Gasteiger partial charge in [0.05, 0.1) is 25.0 Å². The van der Waals surface area contributed by atoms with Crippen molar-refractivity contribution in [3.8, 4) is 0 Å². The normalized spacial score (nSPS) is 26.7. The molecule has 2 heterocycles. The Morgan fingerprint density at radius 3 is 2.42 bits per heavy atom. The number of rotatable bonds is 4. The van der Waals surface area contributed by atoms with E-state index in [0.717, 1.165) is 5.56 Å². The van der Waals surface area contributed by atoms with E-state index in [-0.39, 0.29) is 29.5 Å². The molecule has 0 radical (unpaired) electrons. The van der Waals surface area contributed by atoms with Crippen molar-refractivity contribution in [1.29, 1.82) is 0 Å². The molecule has 1 aromatic rings. The number of carbonyl (C=O) groups excluding carboxylic acids is 2. The lowest BCUT2D eigenvalue weighted by molar-refractivity contribution is -0.187. The van der Waals surface area contributed by atoms with Crippen molar-refractivity contribution in [3.63, 3.8) is 0 Å². The van der Waals surface area contributed by atoms with Crippen LogP contribution < -0.4 is 5.32 Å². The summed E-state index contributed by atoms with van der Waals surface area (Å²) in [4.78, 5) is 26.7. The highest BCUT2D eigenvalue weighted by molar-refractivity contribution is 5.92. The number of piperidine rings is 1. The minimum absolute atomic E-state index is 0.0554. The minimum atomic E-state index is -0.494. The van der Waals surface area contributed by atoms with E-state index in [1.807, 2.05) is 4.90 Å². The summed E-state index contributed by atoms with van der Waals surface area (Å²) in [6, 6.07) is 6.02. The van der Waals surface area contributed by atoms with E-state index in [1.54, 1.807) is 12.1 Å². The van der Waals surface area contributed by atoms with Gasteiger partial charge in [-0.1, -0.05) is 12.1 Å². The van der Waals surface area contributed by atoms with E-state index >= 15 is 0 Å². The van der Waals surface area contributed by atoms with E-state index in [1.165, 1.54) is 12.1 Å². The molecule has 7 heteroatoms. The maximum atomic E-state index is 12.9. The van der Waals surface area contributed by atoms with Gasteiger partial charge in [0.2, 0.25) is 11.8 Å². The van der Waals surface area contributed by atoms with E-state index in [2.05, 4.69) is 5.32 Å². The Kier molecular flexibility index (Phi) is 4.67. The summed E-state index contributed by atoms with van der Waals surface area (Å²) < 4.78 is 24.2. The van der Waals surface area contributed by atoms with Gasteiger partial charge in [0.15, 0.2) is 5.79 Å². The van der Waals surface area contributed by atoms with Crippen LogP contribution in [0.25, 0.3) is 0 Å². The number of benzene rings is 1. The Labute approximate surface area is 151 Å². The van der Waals surface area contributed by atoms with Crippen LogP contribution in [0, 0.1) is 17.7 Å². The molecule has 3 fully saturated rings. The Morgan fingerprint density at radius 2 is 1.77 bits per heavy atom. The van der Waals surface area contributed by atoms with Crippen LogP contribution in [0.5, 0.6) is 0 Å². The highest BCUT2D eigenvalue weighted by atomic mass is 19.1. The summed E-state index contributed by atoms with van der Waals surface area (Å²) in [6.07, 6.45) is 1.97. The average molecular weight is 362 g/mol. The van der Waals surface area contributed by atoms with Gasteiger partial charge in [-0.3, -0.25) is 9.59 Å². The van der Waals surface area contributed by atoms with Crippen molar-refractivity contribution in [3.05, 3.63) is 35.6 Å². The smallest absolute Gasteiger partial charge is 0.226 e. The zero-order valence-corrected chi connectivity index (χ0v) is 14.6. The van der Waals surface area contributed by atoms with E-state index in [9.17, 15) is 14.0 Å². The summed E-state index contributed by atoms with van der Waals surface area (Å²) in [5.41, 5.74) is 0.834. The van der Waals surface area contributed by atoms with Gasteiger partial charge < -0.3 is 19.7 Å². The zero-order valence-electron chi connectivity index (χ0n) is 14.6. The number of amides is 2. The minimum Gasteiger partial charge on any atom is -0.352 e. The second-order valence-electron chi connectivity index (χ2n) is 7.23. The van der Waals surface area contributed by atoms with Crippen molar-refractivity contribution in [2.75, 3.05) is 26.3 Å². The molecule has 0 bridgehead atoms. The second kappa shape index (κ2) is 6.96. The third-order valence-electron chi connectivity index (χ3n) is 5.47. The van der Waals surface area contributed by atoms with Gasteiger partial charge in [0.1, 0.15) is 5.82 Å². The third kappa shape index (κ3) is 3.59. The molecule has 140 valence electrons. The number of carbonyl (C=O) groups is 2. The van der Waals surface area contributed by atoms with Crippen molar-refractivity contribution in [1.82, 2.24) is 10.2 Å². The van der Waals surface area contributed by atoms with Crippen molar-refractivity contribution in [2.24, 2.45) is 11.8 Å². The lowest BCUT2D eigenvalue weighted by atomic mass is 10.0. The molecule has 0 aromatic heterocycles. The molecule has 1 spiro atoms. The SMILES string of the molecule is O=C(NCc1ccc(F)cc1)C1CC1C(=O)N1CCC2(CC1)OCCO2. The molecular weight excluding hydrogens is 339 g/mol. The zero-order chi connectivity index (χ0) is 18.1. The molecule has 2 amide bonds. The molecule has 2 aliphatic heterocycles. The summed E-state index contributed by atoms with van der Waals surface area (Å²) in [6.45, 7) is 2.80. The van der Waals surface area contributed by atoms with Crippen molar-refractivity contribution in [2.45, 2.75) is 31.6 Å². The third-order valence-corrected chi connectivity index (χ3v) is 5.47. The second-order valence-corrected chi connectivity index (χ2v) is 7.23. The largest absolute Gasteiger partial charge is 0.352 e. The van der Waals surface area contributed by atoms with Gasteiger partial charge in [0.25, 0.3) is 0 Å². The number of ether oxygens (including phenoxy) is 2. The molecule has 6 nitrogen and oxygen atoms in total. The maximum absolute atomic E-state index is 12.9. The molecule has 1 aliphatic carbocycles. The predicted molar refractivity (Wildman–Crippen MR) is 90.3 cm³/mol. The standard InChI is InChI=1S/C19H23FN2O4/c20-14-3-1-13(2-4-14)12-21-17(23)15-11-16(15)18(24)22-7-5-19(6-8-22)25-9-10-26-19/h1-4,15-16H,5-12H2,(H,21,23). The number of hydrogen-bond donors (Lipinski definition) is 1. The molecule has 1 aromatic carbocycles. The fourth-order valence-electron chi connectivity index (χ4n) is 3.77. The van der Waals surface area contributed by atoms with Gasteiger partial charge in [-0.2, -0.15) is 0 Å². The fourth-order valence-corrected chi connectivity index (χ4v) is 3.77. The number of hydrogen-bond acceptors (Lipinski definition) is 4. The van der Waals surface area contributed by atoms with Crippen molar-refractivity contribution >= 4 is 11.8 Å². The molecular formula is C19H23FN2O4. The lowest BCUT2D eigenvalue weighted by Crippen LogP contribution is -2.48. The van der Waals surface area contributed by atoms with Crippen LogP contribution in [0.4, 0.5) is 4.39 Å². The Balaban J connectivity index is 1.23. The predicted octanol–water partition coefficient (Wildman–Crippen LogP) is 1.44. The molecule has 2 unspecified atom stereocenters. The number of nitrogens with zero attached hydrogens (tertiary/aromatic N) is 1. The van der Waals surface area contributed by atoms with Crippen LogP contribution in [0.3, 0.4) is 0 Å². The van der Waals surface area contributed by atoms with Crippen LogP contribution in [0.15, 0.2) is 24.3 Å². The molecule has 2 atom stereocenters. The van der Waals surface area contributed by atoms with Crippen LogP contribution in [-0.4, -0.2) is 48.8 Å². The van der Waals surface area contributed by atoms with Crippen LogP contribution >= 0.6 is 0 Å². The Morgan fingerprint density at radius 1 is 1.12 bits per heavy atom. The highest BCUT2D eigenvalue weighted by Crippen LogP contribution is 2.41. The molecule has 3 aliphatic rings. The first-order chi connectivity index (χ1) is 12.6. The number of halogens is 1. The molecule has 4 rings (SSSR count). The van der Waals surface area contributed by atoms with Gasteiger partial charge in [-0.05, 0) is 24.1 Å². The Bertz CT molecular complexity index is 677. The average Bonchev–Trinajstić information content (AvgIpc) is 3.35. The van der Waals surface area contributed by atoms with Crippen LogP contribution in [0.2, 0.25) is 0 Å². The van der Waals surface area contributed by atoms with E-state index in [4.69, 9.17) is 9.47 Å². The summed E-state index contributed by atoms with van der Waals surface area (Å²) in [5.74, 6) is -1.32. The van der Waals surface area contributed by atoms with E-state index < -0.39 is 5.79 Å². The maximum Gasteiger partial charge on any atom is 0.226 e. The number of likely N-dealkylation sites (tertiary alicyclic amines) is 1. The summed E-state index contributed by atoms with van der Waals surface area (Å²) >= 11 is 0. The molecule has 1 N–H and O–H groups in total. The van der Waals surface area contributed by atoms with E-state index in [0.29, 0.717) is 52.1 Å². The number of nitrogens with one attached hydrogen (secondary N) is 1. The first-order valence-electron chi connectivity index (χ1n) is 9.15. The highest BCUT2D eigenvalue weighted by Gasteiger charge is 2.51. The topological polar surface area (TPSA) is 67.9 Å². The quantitative estimate of drug-likeness (QED) is 0.880. The molecule has 1 saturated carbocycles. The van der Waals surface area contributed by atoms with Gasteiger partial charge in [-0.15, -0.1) is 0 Å². The first kappa shape index (κ1) is 17.4. The fraction of sp³-hybridized carbons (Fsp3) is 0.579. The monoisotopic (exact) mass is 362 g/mol.